The molecular weight excluding hydrogens is 218 g/mol. The number of carbonyl (C=O) groups is 1. The molecule has 1 saturated carbocycles. The fourth-order valence-corrected chi connectivity index (χ4v) is 2.04. The van der Waals surface area contributed by atoms with Crippen LogP contribution in [0.2, 0.25) is 0 Å². The average Bonchev–Trinajstić information content (AvgIpc) is 2.27. The van der Waals surface area contributed by atoms with E-state index >= 15 is 0 Å². The van der Waals surface area contributed by atoms with Crippen molar-refractivity contribution in [2.75, 3.05) is 13.6 Å². The topological polar surface area (TPSA) is 77.2 Å². The van der Waals surface area contributed by atoms with Gasteiger partial charge in [-0.15, -0.1) is 0 Å². The van der Waals surface area contributed by atoms with Crippen LogP contribution in [-0.2, 0) is 0 Å². The van der Waals surface area contributed by atoms with E-state index in [0.717, 1.165) is 19.4 Å². The van der Waals surface area contributed by atoms with Gasteiger partial charge in [0.15, 0.2) is 0 Å². The molecule has 1 aliphatic carbocycles. The molecule has 1 aliphatic rings. The standard InChI is InChI=1S/C12H17N3O2/c1-14-7-8-4-10(5-8)17-9-2-3-15-11(6-9)12(13)16/h2-3,6,8,10,14H,4-5,7H2,1H3,(H2,13,16). The van der Waals surface area contributed by atoms with Gasteiger partial charge in [-0.1, -0.05) is 0 Å². The number of nitrogens with one attached hydrogen (secondary N) is 1. The number of rotatable bonds is 5. The third kappa shape index (κ3) is 2.94. The van der Waals surface area contributed by atoms with Crippen LogP contribution >= 0.6 is 0 Å². The number of ether oxygens (including phenoxy) is 1. The number of carbonyl (C=O) groups excluding carboxylic acids is 1. The molecular formula is C12H17N3O2. The van der Waals surface area contributed by atoms with Crippen LogP contribution in [-0.4, -0.2) is 30.6 Å². The van der Waals surface area contributed by atoms with Crippen molar-refractivity contribution < 1.29 is 9.53 Å². The SMILES string of the molecule is CNCC1CC(Oc2ccnc(C(N)=O)c2)C1. The van der Waals surface area contributed by atoms with Crippen LogP contribution in [0, 0.1) is 5.92 Å². The van der Waals surface area contributed by atoms with Crippen molar-refractivity contribution in [3.63, 3.8) is 0 Å². The Labute approximate surface area is 100 Å². The van der Waals surface area contributed by atoms with Crippen molar-refractivity contribution in [3.8, 4) is 5.75 Å². The number of pyridine rings is 1. The molecule has 0 spiro atoms. The zero-order valence-electron chi connectivity index (χ0n) is 9.85. The van der Waals surface area contributed by atoms with Gasteiger partial charge in [-0.25, -0.2) is 0 Å². The summed E-state index contributed by atoms with van der Waals surface area (Å²) in [5.41, 5.74) is 5.40. The monoisotopic (exact) mass is 235 g/mol. The van der Waals surface area contributed by atoms with E-state index in [-0.39, 0.29) is 11.8 Å². The summed E-state index contributed by atoms with van der Waals surface area (Å²) in [6, 6.07) is 3.34. The minimum absolute atomic E-state index is 0.244. The summed E-state index contributed by atoms with van der Waals surface area (Å²) in [6.45, 7) is 1.03. The van der Waals surface area contributed by atoms with E-state index in [4.69, 9.17) is 10.5 Å². The molecule has 0 atom stereocenters. The quantitative estimate of drug-likeness (QED) is 0.781. The number of hydrogen-bond donors (Lipinski definition) is 2. The van der Waals surface area contributed by atoms with Gasteiger partial charge in [-0.3, -0.25) is 9.78 Å². The number of primary amides is 1. The second-order valence-corrected chi connectivity index (χ2v) is 4.38. The second-order valence-electron chi connectivity index (χ2n) is 4.38. The van der Waals surface area contributed by atoms with E-state index in [2.05, 4.69) is 10.3 Å². The van der Waals surface area contributed by atoms with E-state index in [0.29, 0.717) is 11.7 Å². The molecule has 0 saturated heterocycles. The lowest BCUT2D eigenvalue weighted by Gasteiger charge is -2.35. The highest BCUT2D eigenvalue weighted by molar-refractivity contribution is 5.91. The zero-order valence-corrected chi connectivity index (χ0v) is 9.85. The zero-order chi connectivity index (χ0) is 12.3. The summed E-state index contributed by atoms with van der Waals surface area (Å²) in [5, 5.41) is 3.15. The van der Waals surface area contributed by atoms with Crippen LogP contribution in [0.15, 0.2) is 18.3 Å². The van der Waals surface area contributed by atoms with Crippen LogP contribution in [0.4, 0.5) is 0 Å². The Morgan fingerprint density at radius 1 is 1.65 bits per heavy atom. The highest BCUT2D eigenvalue weighted by atomic mass is 16.5. The van der Waals surface area contributed by atoms with E-state index in [1.165, 1.54) is 0 Å². The summed E-state index contributed by atoms with van der Waals surface area (Å²) in [5.74, 6) is 0.835. The molecule has 3 N–H and O–H groups in total. The molecule has 1 heterocycles. The number of amides is 1. The first-order valence-corrected chi connectivity index (χ1v) is 5.76. The predicted octanol–water partition coefficient (Wildman–Crippen LogP) is 0.557. The largest absolute Gasteiger partial charge is 0.490 e. The van der Waals surface area contributed by atoms with Gasteiger partial charge in [-0.2, -0.15) is 0 Å². The van der Waals surface area contributed by atoms with Gasteiger partial charge >= 0.3 is 0 Å². The number of hydrogen-bond acceptors (Lipinski definition) is 4. The molecule has 0 radical (unpaired) electrons. The molecule has 0 bridgehead atoms. The van der Waals surface area contributed by atoms with Crippen molar-refractivity contribution in [2.45, 2.75) is 18.9 Å². The third-order valence-corrected chi connectivity index (χ3v) is 2.97. The highest BCUT2D eigenvalue weighted by Crippen LogP contribution is 2.30. The first-order valence-electron chi connectivity index (χ1n) is 5.76. The molecule has 1 amide bonds. The predicted molar refractivity (Wildman–Crippen MR) is 63.8 cm³/mol. The summed E-state index contributed by atoms with van der Waals surface area (Å²) >= 11 is 0. The fourth-order valence-electron chi connectivity index (χ4n) is 2.04. The van der Waals surface area contributed by atoms with Gasteiger partial charge in [0, 0.05) is 12.3 Å². The molecule has 5 heteroatoms. The van der Waals surface area contributed by atoms with E-state index in [9.17, 15) is 4.79 Å². The van der Waals surface area contributed by atoms with Crippen molar-refractivity contribution in [3.05, 3.63) is 24.0 Å². The Morgan fingerprint density at radius 2 is 2.41 bits per heavy atom. The lowest BCUT2D eigenvalue weighted by atomic mass is 9.82. The Kier molecular flexibility index (Phi) is 3.58. The first-order chi connectivity index (χ1) is 8.19. The van der Waals surface area contributed by atoms with Crippen molar-refractivity contribution in [1.82, 2.24) is 10.3 Å². The van der Waals surface area contributed by atoms with Crippen LogP contribution in [0.3, 0.4) is 0 Å². The molecule has 5 nitrogen and oxygen atoms in total. The maximum atomic E-state index is 11.0. The van der Waals surface area contributed by atoms with Crippen LogP contribution in [0.5, 0.6) is 5.75 Å². The maximum Gasteiger partial charge on any atom is 0.267 e. The minimum Gasteiger partial charge on any atom is -0.490 e. The molecule has 92 valence electrons. The van der Waals surface area contributed by atoms with Crippen molar-refractivity contribution in [1.29, 1.82) is 0 Å². The summed E-state index contributed by atoms with van der Waals surface area (Å²) in [4.78, 5) is 14.8. The van der Waals surface area contributed by atoms with Gasteiger partial charge in [0.05, 0.1) is 6.10 Å². The fraction of sp³-hybridized carbons (Fsp3) is 0.500. The van der Waals surface area contributed by atoms with E-state index in [1.807, 2.05) is 7.05 Å². The van der Waals surface area contributed by atoms with E-state index < -0.39 is 5.91 Å². The maximum absolute atomic E-state index is 11.0. The van der Waals surface area contributed by atoms with Gasteiger partial charge in [0.2, 0.25) is 0 Å². The normalized spacial score (nSPS) is 22.9. The molecule has 1 aromatic heterocycles. The molecule has 17 heavy (non-hydrogen) atoms. The van der Waals surface area contributed by atoms with E-state index in [1.54, 1.807) is 18.3 Å². The van der Waals surface area contributed by atoms with Gasteiger partial charge < -0.3 is 15.8 Å². The third-order valence-electron chi connectivity index (χ3n) is 2.97. The number of aromatic nitrogens is 1. The van der Waals surface area contributed by atoms with Gasteiger partial charge in [0.1, 0.15) is 11.4 Å². The lowest BCUT2D eigenvalue weighted by Crippen LogP contribution is -2.38. The summed E-state index contributed by atoms with van der Waals surface area (Å²) < 4.78 is 5.74. The smallest absolute Gasteiger partial charge is 0.267 e. The average molecular weight is 235 g/mol. The lowest BCUT2D eigenvalue weighted by molar-refractivity contribution is 0.0654. The second kappa shape index (κ2) is 5.14. The number of nitrogens with two attached hydrogens (primary N) is 1. The summed E-state index contributed by atoms with van der Waals surface area (Å²) in [6.07, 6.45) is 3.89. The minimum atomic E-state index is -0.530. The first kappa shape index (κ1) is 11.9. The molecule has 0 unspecified atom stereocenters. The Morgan fingerprint density at radius 3 is 3.06 bits per heavy atom. The Hall–Kier alpha value is -1.62. The summed E-state index contributed by atoms with van der Waals surface area (Å²) in [7, 11) is 1.95. The highest BCUT2D eigenvalue weighted by Gasteiger charge is 2.30. The molecule has 1 fully saturated rings. The van der Waals surface area contributed by atoms with Crippen LogP contribution in [0.1, 0.15) is 23.3 Å². The van der Waals surface area contributed by atoms with Crippen LogP contribution < -0.4 is 15.8 Å². The van der Waals surface area contributed by atoms with Crippen molar-refractivity contribution in [2.24, 2.45) is 11.7 Å². The Bertz CT molecular complexity index is 402. The molecule has 1 aromatic rings. The van der Waals surface area contributed by atoms with Gasteiger partial charge in [0.25, 0.3) is 5.91 Å². The van der Waals surface area contributed by atoms with Crippen molar-refractivity contribution >= 4 is 5.91 Å². The molecule has 0 aromatic carbocycles. The van der Waals surface area contributed by atoms with Crippen LogP contribution in [0.25, 0.3) is 0 Å². The van der Waals surface area contributed by atoms with Gasteiger partial charge in [-0.05, 0) is 38.4 Å². The Balaban J connectivity index is 1.88. The number of nitrogens with zero attached hydrogens (tertiary/aromatic N) is 1. The molecule has 0 aliphatic heterocycles. The molecule has 2 rings (SSSR count).